The molecule has 0 aliphatic heterocycles. The molecule has 0 aliphatic carbocycles. The van der Waals surface area contributed by atoms with Crippen LogP contribution in [0.15, 0.2) is 48.8 Å². The van der Waals surface area contributed by atoms with Gasteiger partial charge in [-0.3, -0.25) is 0 Å². The number of aryl methyl sites for hydroxylation is 1. The van der Waals surface area contributed by atoms with E-state index in [0.29, 0.717) is 5.02 Å². The minimum Gasteiger partial charge on any atom is -0.319 e. The van der Waals surface area contributed by atoms with Crippen LogP contribution in [-0.2, 0) is 5.54 Å². The van der Waals surface area contributed by atoms with Gasteiger partial charge in [0.1, 0.15) is 18.0 Å². The number of rotatable bonds is 2. The first kappa shape index (κ1) is 16.8. The SMILES string of the molecule is Cc1ncnn1-c1ccc(Cl)cc1-c1nc2ccccc2n1C(C)(C)C. The first-order valence-corrected chi connectivity index (χ1v) is 8.89. The Kier molecular flexibility index (Phi) is 3.84. The van der Waals surface area contributed by atoms with Crippen LogP contribution in [0.4, 0.5) is 0 Å². The molecule has 0 N–H and O–H groups in total. The zero-order valence-electron chi connectivity index (χ0n) is 15.2. The van der Waals surface area contributed by atoms with E-state index in [-0.39, 0.29) is 5.54 Å². The van der Waals surface area contributed by atoms with Crippen LogP contribution in [0, 0.1) is 6.92 Å². The first-order chi connectivity index (χ1) is 12.4. The highest BCUT2D eigenvalue weighted by Gasteiger charge is 2.24. The summed E-state index contributed by atoms with van der Waals surface area (Å²) in [7, 11) is 0. The van der Waals surface area contributed by atoms with E-state index in [4.69, 9.17) is 16.6 Å². The monoisotopic (exact) mass is 365 g/mol. The maximum Gasteiger partial charge on any atom is 0.143 e. The molecule has 2 aromatic carbocycles. The highest BCUT2D eigenvalue weighted by molar-refractivity contribution is 6.31. The van der Waals surface area contributed by atoms with E-state index in [9.17, 15) is 0 Å². The fraction of sp³-hybridized carbons (Fsp3) is 0.250. The zero-order valence-corrected chi connectivity index (χ0v) is 16.0. The molecule has 0 radical (unpaired) electrons. The van der Waals surface area contributed by atoms with Gasteiger partial charge in [-0.2, -0.15) is 5.10 Å². The standard InChI is InChI=1S/C20H20ClN5/c1-13-22-12-23-26(13)17-10-9-14(21)11-15(17)19-24-16-7-5-6-8-18(16)25(19)20(2,3)4/h5-12H,1-4H3. The van der Waals surface area contributed by atoms with Crippen LogP contribution in [0.1, 0.15) is 26.6 Å². The topological polar surface area (TPSA) is 48.5 Å². The van der Waals surface area contributed by atoms with Gasteiger partial charge in [-0.05, 0) is 58.0 Å². The van der Waals surface area contributed by atoms with Crippen LogP contribution >= 0.6 is 11.6 Å². The van der Waals surface area contributed by atoms with Crippen LogP contribution in [0.25, 0.3) is 28.1 Å². The maximum atomic E-state index is 6.35. The van der Waals surface area contributed by atoms with Gasteiger partial charge in [0.2, 0.25) is 0 Å². The molecule has 26 heavy (non-hydrogen) atoms. The molecule has 0 aliphatic rings. The predicted molar refractivity (Wildman–Crippen MR) is 105 cm³/mol. The van der Waals surface area contributed by atoms with Crippen molar-refractivity contribution >= 4 is 22.6 Å². The van der Waals surface area contributed by atoms with Crippen molar-refractivity contribution in [2.24, 2.45) is 0 Å². The van der Waals surface area contributed by atoms with Gasteiger partial charge < -0.3 is 4.57 Å². The van der Waals surface area contributed by atoms with Gasteiger partial charge in [0.15, 0.2) is 0 Å². The summed E-state index contributed by atoms with van der Waals surface area (Å²) in [6.45, 7) is 8.46. The summed E-state index contributed by atoms with van der Waals surface area (Å²) in [5.41, 5.74) is 3.74. The summed E-state index contributed by atoms with van der Waals surface area (Å²) in [5.74, 6) is 1.68. The van der Waals surface area contributed by atoms with Crippen LogP contribution in [0.2, 0.25) is 5.02 Å². The lowest BCUT2D eigenvalue weighted by Crippen LogP contribution is -2.23. The molecule has 0 saturated heterocycles. The Morgan fingerprint density at radius 3 is 2.50 bits per heavy atom. The molecule has 5 nitrogen and oxygen atoms in total. The third-order valence-corrected chi connectivity index (χ3v) is 4.61. The molecule has 6 heteroatoms. The smallest absolute Gasteiger partial charge is 0.143 e. The molecule has 0 bridgehead atoms. The third-order valence-electron chi connectivity index (χ3n) is 4.38. The molecule has 2 aromatic heterocycles. The van der Waals surface area contributed by atoms with E-state index >= 15 is 0 Å². The summed E-state index contributed by atoms with van der Waals surface area (Å²) < 4.78 is 4.07. The van der Waals surface area contributed by atoms with Crippen molar-refractivity contribution in [2.75, 3.05) is 0 Å². The van der Waals surface area contributed by atoms with E-state index in [2.05, 4.69) is 41.5 Å². The summed E-state index contributed by atoms with van der Waals surface area (Å²) in [6.07, 6.45) is 1.56. The number of hydrogen-bond donors (Lipinski definition) is 0. The van der Waals surface area contributed by atoms with Crippen molar-refractivity contribution in [2.45, 2.75) is 33.2 Å². The predicted octanol–water partition coefficient (Wildman–Crippen LogP) is 5.00. The second-order valence-electron chi connectivity index (χ2n) is 7.31. The van der Waals surface area contributed by atoms with Crippen molar-refractivity contribution in [3.63, 3.8) is 0 Å². The minimum atomic E-state index is -0.150. The van der Waals surface area contributed by atoms with E-state index in [1.807, 2.05) is 48.0 Å². The van der Waals surface area contributed by atoms with Gasteiger partial charge >= 0.3 is 0 Å². The molecule has 4 aromatic rings. The van der Waals surface area contributed by atoms with Gasteiger partial charge in [-0.25, -0.2) is 14.6 Å². The lowest BCUT2D eigenvalue weighted by Gasteiger charge is -2.25. The van der Waals surface area contributed by atoms with Crippen molar-refractivity contribution in [3.8, 4) is 17.1 Å². The van der Waals surface area contributed by atoms with E-state index in [1.54, 1.807) is 6.33 Å². The number of nitrogens with zero attached hydrogens (tertiary/aromatic N) is 5. The van der Waals surface area contributed by atoms with Crippen LogP contribution in [0.3, 0.4) is 0 Å². The number of halogens is 1. The number of imidazole rings is 1. The lowest BCUT2D eigenvalue weighted by atomic mass is 10.1. The third kappa shape index (κ3) is 2.69. The number of hydrogen-bond acceptors (Lipinski definition) is 3. The van der Waals surface area contributed by atoms with Crippen molar-refractivity contribution in [3.05, 3.63) is 59.6 Å². The van der Waals surface area contributed by atoms with Gasteiger partial charge in [0.25, 0.3) is 0 Å². The normalized spacial score (nSPS) is 12.0. The number of fused-ring (bicyclic) bond motifs is 1. The van der Waals surface area contributed by atoms with Crippen LogP contribution in [-0.4, -0.2) is 24.3 Å². The molecule has 4 rings (SSSR count). The van der Waals surface area contributed by atoms with E-state index < -0.39 is 0 Å². The summed E-state index contributed by atoms with van der Waals surface area (Å²) in [5, 5.41) is 5.03. The van der Waals surface area contributed by atoms with Crippen molar-refractivity contribution < 1.29 is 0 Å². The molecule has 0 saturated carbocycles. The molecule has 0 unspecified atom stereocenters. The Hall–Kier alpha value is -2.66. The van der Waals surface area contributed by atoms with Gasteiger partial charge in [-0.1, -0.05) is 23.7 Å². The number of benzene rings is 2. The van der Waals surface area contributed by atoms with Crippen LogP contribution in [0.5, 0.6) is 0 Å². The minimum absolute atomic E-state index is 0.150. The molecule has 132 valence electrons. The Labute approximate surface area is 157 Å². The molecule has 2 heterocycles. The molecular weight excluding hydrogens is 346 g/mol. The largest absolute Gasteiger partial charge is 0.319 e. The Morgan fingerprint density at radius 2 is 1.81 bits per heavy atom. The Bertz CT molecular complexity index is 1100. The van der Waals surface area contributed by atoms with Crippen molar-refractivity contribution in [1.82, 2.24) is 24.3 Å². The van der Waals surface area contributed by atoms with Gasteiger partial charge in [-0.15, -0.1) is 0 Å². The lowest BCUT2D eigenvalue weighted by molar-refractivity contribution is 0.413. The van der Waals surface area contributed by atoms with Crippen molar-refractivity contribution in [1.29, 1.82) is 0 Å². The quantitative estimate of drug-likeness (QED) is 0.502. The maximum absolute atomic E-state index is 6.35. The number of para-hydroxylation sites is 2. The Balaban J connectivity index is 2.09. The zero-order chi connectivity index (χ0) is 18.5. The Morgan fingerprint density at radius 1 is 1.04 bits per heavy atom. The molecule has 0 fully saturated rings. The molecule has 0 spiro atoms. The molecular formula is C20H20ClN5. The first-order valence-electron chi connectivity index (χ1n) is 8.51. The number of aromatic nitrogens is 5. The average Bonchev–Trinajstić information content (AvgIpc) is 3.17. The highest BCUT2D eigenvalue weighted by Crippen LogP contribution is 2.35. The summed E-state index contributed by atoms with van der Waals surface area (Å²) in [4.78, 5) is 9.19. The van der Waals surface area contributed by atoms with Gasteiger partial charge in [0, 0.05) is 16.1 Å². The second kappa shape index (κ2) is 5.95. The highest BCUT2D eigenvalue weighted by atomic mass is 35.5. The summed E-state index contributed by atoms with van der Waals surface area (Å²) in [6, 6.07) is 14.0. The fourth-order valence-corrected chi connectivity index (χ4v) is 3.47. The average molecular weight is 366 g/mol. The van der Waals surface area contributed by atoms with E-state index in [1.165, 1.54) is 0 Å². The summed E-state index contributed by atoms with van der Waals surface area (Å²) >= 11 is 6.35. The van der Waals surface area contributed by atoms with Crippen LogP contribution < -0.4 is 0 Å². The van der Waals surface area contributed by atoms with E-state index in [0.717, 1.165) is 33.9 Å². The van der Waals surface area contributed by atoms with Gasteiger partial charge in [0.05, 0.1) is 16.7 Å². The molecule has 0 atom stereocenters. The fourth-order valence-electron chi connectivity index (χ4n) is 3.29. The molecule has 0 amide bonds. The second-order valence-corrected chi connectivity index (χ2v) is 7.75.